The van der Waals surface area contributed by atoms with Crippen molar-refractivity contribution in [3.8, 4) is 0 Å². The zero-order valence-electron chi connectivity index (χ0n) is 5.75. The number of rotatable bonds is 2. The Morgan fingerprint density at radius 3 is 2.55 bits per heavy atom. The topological polar surface area (TPSA) is 17.1 Å². The van der Waals surface area contributed by atoms with E-state index in [1.807, 2.05) is 30.3 Å². The molecule has 0 spiro atoms. The fourth-order valence-corrected chi connectivity index (χ4v) is 0.989. The van der Waals surface area contributed by atoms with Gasteiger partial charge < -0.3 is 0 Å². The first-order chi connectivity index (χ1) is 5.33. The standard InChI is InChI=1S/C9H6BrO/c10-9(7-11)6-8-4-2-1-3-5-8/h1-6H. The first kappa shape index (κ1) is 8.21. The molecule has 0 aliphatic carbocycles. The van der Waals surface area contributed by atoms with Gasteiger partial charge in [0, 0.05) is 0 Å². The van der Waals surface area contributed by atoms with Crippen molar-refractivity contribution in [1.82, 2.24) is 0 Å². The van der Waals surface area contributed by atoms with Crippen LogP contribution >= 0.6 is 15.9 Å². The molecular weight excluding hydrogens is 204 g/mol. The van der Waals surface area contributed by atoms with Crippen LogP contribution in [-0.2, 0) is 4.79 Å². The van der Waals surface area contributed by atoms with Crippen molar-refractivity contribution in [1.29, 1.82) is 0 Å². The predicted octanol–water partition coefficient (Wildman–Crippen LogP) is 2.53. The Bertz CT molecular complexity index is 264. The lowest BCUT2D eigenvalue weighted by Crippen LogP contribution is -1.73. The molecule has 0 aromatic heterocycles. The van der Waals surface area contributed by atoms with Crippen molar-refractivity contribution in [3.63, 3.8) is 0 Å². The lowest BCUT2D eigenvalue weighted by atomic mass is 10.2. The van der Waals surface area contributed by atoms with Crippen LogP contribution in [0.25, 0.3) is 6.08 Å². The molecule has 0 unspecified atom stereocenters. The van der Waals surface area contributed by atoms with E-state index in [-0.39, 0.29) is 0 Å². The fourth-order valence-electron chi connectivity index (χ4n) is 0.725. The first-order valence-electron chi connectivity index (χ1n) is 3.13. The van der Waals surface area contributed by atoms with Gasteiger partial charge in [0.2, 0.25) is 6.29 Å². The quantitative estimate of drug-likeness (QED) is 0.685. The Kier molecular flexibility index (Phi) is 3.05. The van der Waals surface area contributed by atoms with Gasteiger partial charge in [-0.2, -0.15) is 0 Å². The molecule has 0 aliphatic rings. The zero-order valence-corrected chi connectivity index (χ0v) is 7.34. The third-order valence-corrected chi connectivity index (χ3v) is 1.58. The van der Waals surface area contributed by atoms with Gasteiger partial charge in [-0.3, -0.25) is 4.79 Å². The van der Waals surface area contributed by atoms with Gasteiger partial charge >= 0.3 is 0 Å². The van der Waals surface area contributed by atoms with Gasteiger partial charge in [0.25, 0.3) is 0 Å². The minimum Gasteiger partial charge on any atom is -0.284 e. The molecule has 11 heavy (non-hydrogen) atoms. The van der Waals surface area contributed by atoms with Gasteiger partial charge in [-0.25, -0.2) is 0 Å². The van der Waals surface area contributed by atoms with Gasteiger partial charge in [0.1, 0.15) is 0 Å². The Morgan fingerprint density at radius 2 is 2.00 bits per heavy atom. The van der Waals surface area contributed by atoms with Crippen LogP contribution in [0.5, 0.6) is 0 Å². The first-order valence-corrected chi connectivity index (χ1v) is 3.92. The molecule has 1 rings (SSSR count). The van der Waals surface area contributed by atoms with Crippen LogP contribution in [0.15, 0.2) is 34.8 Å². The highest BCUT2D eigenvalue weighted by Gasteiger charge is 1.88. The molecule has 2 heteroatoms. The van der Waals surface area contributed by atoms with Crippen molar-refractivity contribution >= 4 is 28.3 Å². The maximum absolute atomic E-state index is 10.1. The van der Waals surface area contributed by atoms with Crippen LogP contribution in [0, 0.1) is 0 Å². The van der Waals surface area contributed by atoms with Crippen molar-refractivity contribution < 1.29 is 4.79 Å². The second kappa shape index (κ2) is 4.09. The average Bonchev–Trinajstić information content (AvgIpc) is 2.06. The molecular formula is C9H6BrO. The van der Waals surface area contributed by atoms with E-state index in [1.54, 1.807) is 12.4 Å². The summed E-state index contributed by atoms with van der Waals surface area (Å²) in [6.45, 7) is 0. The molecule has 1 nitrogen and oxygen atoms in total. The summed E-state index contributed by atoms with van der Waals surface area (Å²) in [4.78, 5) is 10.1. The van der Waals surface area contributed by atoms with E-state index in [9.17, 15) is 4.79 Å². The molecule has 0 aliphatic heterocycles. The fraction of sp³-hybridized carbons (Fsp3) is 0. The van der Waals surface area contributed by atoms with Crippen molar-refractivity contribution in [2.75, 3.05) is 0 Å². The van der Waals surface area contributed by atoms with E-state index < -0.39 is 0 Å². The van der Waals surface area contributed by atoms with Crippen molar-refractivity contribution in [2.45, 2.75) is 0 Å². The maximum Gasteiger partial charge on any atom is 0.241 e. The van der Waals surface area contributed by atoms with E-state index >= 15 is 0 Å². The highest BCUT2D eigenvalue weighted by atomic mass is 79.9. The van der Waals surface area contributed by atoms with Crippen LogP contribution in [0.1, 0.15) is 5.56 Å². The second-order valence-electron chi connectivity index (χ2n) is 2.01. The van der Waals surface area contributed by atoms with E-state index in [1.165, 1.54) is 0 Å². The van der Waals surface area contributed by atoms with Crippen molar-refractivity contribution in [2.24, 2.45) is 0 Å². The van der Waals surface area contributed by atoms with Gasteiger partial charge in [-0.15, -0.1) is 0 Å². The minimum absolute atomic E-state index is 0.434. The van der Waals surface area contributed by atoms with E-state index in [2.05, 4.69) is 15.9 Å². The van der Waals surface area contributed by atoms with Crippen LogP contribution in [-0.4, -0.2) is 6.29 Å². The molecule has 0 saturated heterocycles. The third kappa shape index (κ3) is 2.68. The number of carbonyl (C=O) groups excluding carboxylic acids is 1. The van der Waals surface area contributed by atoms with Gasteiger partial charge in [0.05, 0.1) is 4.48 Å². The highest BCUT2D eigenvalue weighted by Crippen LogP contribution is 2.08. The van der Waals surface area contributed by atoms with Gasteiger partial charge in [0.15, 0.2) is 0 Å². The van der Waals surface area contributed by atoms with E-state index in [4.69, 9.17) is 0 Å². The molecule has 1 aromatic carbocycles. The Labute approximate surface area is 73.9 Å². The summed E-state index contributed by atoms with van der Waals surface area (Å²) in [6, 6.07) is 9.58. The SMILES string of the molecule is O=[C]C(Br)=Cc1ccccc1. The summed E-state index contributed by atoms with van der Waals surface area (Å²) in [7, 11) is 0. The summed E-state index contributed by atoms with van der Waals surface area (Å²) >= 11 is 3.05. The number of allylic oxidation sites excluding steroid dienone is 1. The number of hydrogen-bond acceptors (Lipinski definition) is 1. The average molecular weight is 210 g/mol. The van der Waals surface area contributed by atoms with Crippen LogP contribution in [0.3, 0.4) is 0 Å². The van der Waals surface area contributed by atoms with Gasteiger partial charge in [-0.05, 0) is 27.6 Å². The lowest BCUT2D eigenvalue weighted by Gasteiger charge is -1.89. The molecule has 1 radical (unpaired) electrons. The van der Waals surface area contributed by atoms with Crippen LogP contribution in [0.4, 0.5) is 0 Å². The molecule has 0 heterocycles. The maximum atomic E-state index is 10.1. The molecule has 0 amide bonds. The Hall–Kier alpha value is -0.890. The second-order valence-corrected chi connectivity index (χ2v) is 2.86. The molecule has 55 valence electrons. The lowest BCUT2D eigenvalue weighted by molar-refractivity contribution is 0.564. The molecule has 1 aromatic rings. The minimum atomic E-state index is 0.434. The molecule has 0 atom stereocenters. The van der Waals surface area contributed by atoms with E-state index in [0.717, 1.165) is 5.56 Å². The summed E-state index contributed by atoms with van der Waals surface area (Å²) in [5.74, 6) is 0. The van der Waals surface area contributed by atoms with Gasteiger partial charge in [-0.1, -0.05) is 30.3 Å². The third-order valence-electron chi connectivity index (χ3n) is 1.19. The number of hydrogen-bond donors (Lipinski definition) is 0. The molecule has 0 N–H and O–H groups in total. The monoisotopic (exact) mass is 209 g/mol. The summed E-state index contributed by atoms with van der Waals surface area (Å²) < 4.78 is 0.434. The predicted molar refractivity (Wildman–Crippen MR) is 49.0 cm³/mol. The largest absolute Gasteiger partial charge is 0.284 e. The zero-order chi connectivity index (χ0) is 8.10. The summed E-state index contributed by atoms with van der Waals surface area (Å²) in [5, 5.41) is 0. The smallest absolute Gasteiger partial charge is 0.241 e. The molecule has 0 saturated carbocycles. The van der Waals surface area contributed by atoms with Crippen LogP contribution < -0.4 is 0 Å². The molecule has 0 bridgehead atoms. The Balaban J connectivity index is 2.87. The molecule has 0 fully saturated rings. The van der Waals surface area contributed by atoms with Crippen molar-refractivity contribution in [3.05, 3.63) is 40.4 Å². The number of benzene rings is 1. The Morgan fingerprint density at radius 1 is 1.36 bits per heavy atom. The summed E-state index contributed by atoms with van der Waals surface area (Å²) in [6.07, 6.45) is 3.46. The van der Waals surface area contributed by atoms with Crippen LogP contribution in [0.2, 0.25) is 0 Å². The normalized spacial score (nSPS) is 11.2. The van der Waals surface area contributed by atoms with E-state index in [0.29, 0.717) is 4.48 Å². The summed E-state index contributed by atoms with van der Waals surface area (Å²) in [5.41, 5.74) is 0.989. The highest BCUT2D eigenvalue weighted by molar-refractivity contribution is 9.12. The number of halogens is 1.